The molecule has 23 heavy (non-hydrogen) atoms. The second-order valence-corrected chi connectivity index (χ2v) is 8.25. The summed E-state index contributed by atoms with van der Waals surface area (Å²) in [5.74, 6) is 0.419. The highest BCUT2D eigenvalue weighted by Gasteiger charge is 2.33. The summed E-state index contributed by atoms with van der Waals surface area (Å²) in [5, 5.41) is 0.510. The van der Waals surface area contributed by atoms with Crippen LogP contribution < -0.4 is 4.74 Å². The third-order valence-corrected chi connectivity index (χ3v) is 5.14. The van der Waals surface area contributed by atoms with Gasteiger partial charge in [0.25, 0.3) is 0 Å². The highest BCUT2D eigenvalue weighted by molar-refractivity contribution is 14.1. The molecule has 0 spiro atoms. The minimum absolute atomic E-state index is 0.129. The maximum atomic E-state index is 12.3. The second kappa shape index (κ2) is 7.42. The summed E-state index contributed by atoms with van der Waals surface area (Å²) in [6, 6.07) is 1.95. The number of carbonyl (C=O) groups excluding carboxylic acids is 1. The minimum Gasteiger partial charge on any atom is -0.471 e. The van der Waals surface area contributed by atoms with Gasteiger partial charge in [-0.25, -0.2) is 9.78 Å². The highest BCUT2D eigenvalue weighted by atomic mass is 127. The van der Waals surface area contributed by atoms with Gasteiger partial charge in [0.15, 0.2) is 0 Å². The van der Waals surface area contributed by atoms with Crippen LogP contribution in [0.1, 0.15) is 40.5 Å². The summed E-state index contributed by atoms with van der Waals surface area (Å²) in [5.41, 5.74) is -0.509. The van der Waals surface area contributed by atoms with E-state index in [2.05, 4.69) is 27.6 Å². The molecule has 0 N–H and O–H groups in total. The maximum absolute atomic E-state index is 12.3. The SMILES string of the molecule is CC1CCC(Oc2nccc(I)c2Cl)CN1C(=O)OC(C)(C)C. The summed E-state index contributed by atoms with van der Waals surface area (Å²) in [4.78, 5) is 18.3. The van der Waals surface area contributed by atoms with Gasteiger partial charge in [-0.05, 0) is 69.2 Å². The van der Waals surface area contributed by atoms with Crippen LogP contribution in [0.25, 0.3) is 0 Å². The van der Waals surface area contributed by atoms with E-state index < -0.39 is 5.60 Å². The highest BCUT2D eigenvalue weighted by Crippen LogP contribution is 2.30. The van der Waals surface area contributed by atoms with Crippen molar-refractivity contribution in [2.24, 2.45) is 0 Å². The van der Waals surface area contributed by atoms with E-state index in [-0.39, 0.29) is 18.2 Å². The van der Waals surface area contributed by atoms with Gasteiger partial charge in [-0.15, -0.1) is 0 Å². The van der Waals surface area contributed by atoms with E-state index >= 15 is 0 Å². The van der Waals surface area contributed by atoms with Crippen molar-refractivity contribution < 1.29 is 14.3 Å². The summed E-state index contributed by atoms with van der Waals surface area (Å²) >= 11 is 8.37. The lowest BCUT2D eigenvalue weighted by atomic mass is 10.0. The number of hydrogen-bond acceptors (Lipinski definition) is 4. The van der Waals surface area contributed by atoms with Crippen molar-refractivity contribution in [2.75, 3.05) is 6.54 Å². The van der Waals surface area contributed by atoms with Gasteiger partial charge >= 0.3 is 6.09 Å². The van der Waals surface area contributed by atoms with Crippen LogP contribution in [0.3, 0.4) is 0 Å². The fourth-order valence-electron chi connectivity index (χ4n) is 2.39. The Labute approximate surface area is 155 Å². The largest absolute Gasteiger partial charge is 0.471 e. The Morgan fingerprint density at radius 1 is 1.43 bits per heavy atom. The molecule has 0 aromatic carbocycles. The molecule has 1 saturated heterocycles. The van der Waals surface area contributed by atoms with Gasteiger partial charge in [-0.2, -0.15) is 0 Å². The normalized spacial score (nSPS) is 21.9. The third-order valence-electron chi connectivity index (χ3n) is 3.56. The summed E-state index contributed by atoms with van der Waals surface area (Å²) in [7, 11) is 0. The van der Waals surface area contributed by atoms with E-state index in [1.165, 1.54) is 0 Å². The molecule has 5 nitrogen and oxygen atoms in total. The van der Waals surface area contributed by atoms with Crippen LogP contribution in [-0.4, -0.2) is 40.3 Å². The Bertz CT molecular complexity index is 577. The van der Waals surface area contributed by atoms with Gasteiger partial charge in [0, 0.05) is 15.8 Å². The second-order valence-electron chi connectivity index (χ2n) is 6.71. The Balaban J connectivity index is 2.05. The number of aromatic nitrogens is 1. The number of piperidine rings is 1. The van der Waals surface area contributed by atoms with Crippen LogP contribution in [0.15, 0.2) is 12.3 Å². The number of rotatable bonds is 2. The number of ether oxygens (including phenoxy) is 2. The molecule has 1 aliphatic heterocycles. The van der Waals surface area contributed by atoms with Crippen molar-refractivity contribution in [3.8, 4) is 5.88 Å². The summed E-state index contributed by atoms with van der Waals surface area (Å²) in [6.07, 6.45) is 2.93. The van der Waals surface area contributed by atoms with Gasteiger partial charge in [-0.3, -0.25) is 0 Å². The van der Waals surface area contributed by atoms with E-state index in [0.717, 1.165) is 16.4 Å². The molecular formula is C16H22ClIN2O3. The van der Waals surface area contributed by atoms with Gasteiger partial charge < -0.3 is 14.4 Å². The van der Waals surface area contributed by atoms with Crippen molar-refractivity contribution in [3.05, 3.63) is 20.9 Å². The first-order valence-corrected chi connectivity index (χ1v) is 9.09. The smallest absolute Gasteiger partial charge is 0.410 e. The number of nitrogens with zero attached hydrogens (tertiary/aromatic N) is 2. The number of carbonyl (C=O) groups is 1. The van der Waals surface area contributed by atoms with E-state index in [9.17, 15) is 4.79 Å². The zero-order chi connectivity index (χ0) is 17.2. The first kappa shape index (κ1) is 18.6. The lowest BCUT2D eigenvalue weighted by molar-refractivity contribution is -0.00596. The lowest BCUT2D eigenvalue weighted by Gasteiger charge is -2.38. The molecule has 0 saturated carbocycles. The Kier molecular flexibility index (Phi) is 5.99. The maximum Gasteiger partial charge on any atom is 0.410 e. The van der Waals surface area contributed by atoms with E-state index in [0.29, 0.717) is 17.4 Å². The average molecular weight is 453 g/mol. The van der Waals surface area contributed by atoms with Crippen LogP contribution >= 0.6 is 34.2 Å². The molecule has 7 heteroatoms. The molecule has 2 heterocycles. The fourth-order valence-corrected chi connectivity index (χ4v) is 2.94. The first-order valence-electron chi connectivity index (χ1n) is 7.63. The van der Waals surface area contributed by atoms with E-state index in [1.54, 1.807) is 11.1 Å². The summed E-state index contributed by atoms with van der Waals surface area (Å²) < 4.78 is 12.3. The number of likely N-dealkylation sites (tertiary alicyclic amines) is 1. The molecule has 1 fully saturated rings. The van der Waals surface area contributed by atoms with Crippen molar-refractivity contribution in [3.63, 3.8) is 0 Å². The van der Waals surface area contributed by atoms with Crippen molar-refractivity contribution >= 4 is 40.3 Å². The third kappa shape index (κ3) is 5.11. The molecule has 1 aromatic rings. The number of hydrogen-bond donors (Lipinski definition) is 0. The molecule has 2 rings (SSSR count). The predicted octanol–water partition coefficient (Wildman–Crippen LogP) is 4.51. The van der Waals surface area contributed by atoms with Crippen molar-refractivity contribution in [1.82, 2.24) is 9.88 Å². The van der Waals surface area contributed by atoms with Crippen LogP contribution in [0.2, 0.25) is 5.02 Å². The van der Waals surface area contributed by atoms with Crippen LogP contribution in [0.4, 0.5) is 4.79 Å². The molecule has 0 bridgehead atoms. The van der Waals surface area contributed by atoms with Crippen molar-refractivity contribution in [2.45, 2.75) is 58.3 Å². The molecular weight excluding hydrogens is 431 g/mol. The minimum atomic E-state index is -0.509. The number of pyridine rings is 1. The van der Waals surface area contributed by atoms with Gasteiger partial charge in [0.1, 0.15) is 16.7 Å². The van der Waals surface area contributed by atoms with E-state index in [1.807, 2.05) is 33.8 Å². The molecule has 0 radical (unpaired) electrons. The molecule has 1 amide bonds. The van der Waals surface area contributed by atoms with Crippen LogP contribution in [0, 0.1) is 3.57 Å². The molecule has 1 aliphatic rings. The van der Waals surface area contributed by atoms with Gasteiger partial charge in [0.05, 0.1) is 6.54 Å². The summed E-state index contributed by atoms with van der Waals surface area (Å²) in [6.45, 7) is 8.09. The van der Waals surface area contributed by atoms with Crippen LogP contribution in [-0.2, 0) is 4.74 Å². The first-order chi connectivity index (χ1) is 10.7. The zero-order valence-corrected chi connectivity index (χ0v) is 16.7. The average Bonchev–Trinajstić information content (AvgIpc) is 2.44. The Morgan fingerprint density at radius 3 is 2.78 bits per heavy atom. The zero-order valence-electron chi connectivity index (χ0n) is 13.8. The molecule has 1 aromatic heterocycles. The fraction of sp³-hybridized carbons (Fsp3) is 0.625. The number of halogens is 2. The topological polar surface area (TPSA) is 51.7 Å². The Hall–Kier alpha value is -0.760. The van der Waals surface area contributed by atoms with Crippen LogP contribution in [0.5, 0.6) is 5.88 Å². The van der Waals surface area contributed by atoms with E-state index in [4.69, 9.17) is 21.1 Å². The quantitative estimate of drug-likeness (QED) is 0.620. The van der Waals surface area contributed by atoms with Gasteiger partial charge in [0.2, 0.25) is 5.88 Å². The van der Waals surface area contributed by atoms with Gasteiger partial charge in [-0.1, -0.05) is 11.6 Å². The molecule has 0 aliphatic carbocycles. The molecule has 128 valence electrons. The Morgan fingerprint density at radius 2 is 2.13 bits per heavy atom. The monoisotopic (exact) mass is 452 g/mol. The lowest BCUT2D eigenvalue weighted by Crippen LogP contribution is -2.50. The molecule has 2 unspecified atom stereocenters. The molecule has 2 atom stereocenters. The number of amides is 1. The van der Waals surface area contributed by atoms with Crippen molar-refractivity contribution in [1.29, 1.82) is 0 Å². The predicted molar refractivity (Wildman–Crippen MR) is 98.0 cm³/mol. The standard InChI is InChI=1S/C16H22ClIN2O3/c1-10-5-6-11(9-20(10)15(21)23-16(2,3)4)22-14-13(17)12(18)7-8-19-14/h7-8,10-11H,5-6,9H2,1-4H3.